The van der Waals surface area contributed by atoms with E-state index in [0.29, 0.717) is 27.9 Å². The van der Waals surface area contributed by atoms with E-state index in [1.165, 1.54) is 31.1 Å². The largest absolute Gasteiger partial charge is 0.493 e. The maximum atomic E-state index is 13.0. The zero-order chi connectivity index (χ0) is 24.9. The van der Waals surface area contributed by atoms with Crippen molar-refractivity contribution in [2.75, 3.05) is 23.9 Å². The Bertz CT molecular complexity index is 1260. The number of amides is 2. The molecule has 0 saturated heterocycles. The Morgan fingerprint density at radius 3 is 2.54 bits per heavy atom. The summed E-state index contributed by atoms with van der Waals surface area (Å²) in [5, 5.41) is 3.35. The van der Waals surface area contributed by atoms with E-state index in [-0.39, 0.29) is 24.6 Å². The van der Waals surface area contributed by atoms with Gasteiger partial charge < -0.3 is 19.5 Å². The van der Waals surface area contributed by atoms with Crippen LogP contribution < -0.4 is 19.7 Å². The lowest BCUT2D eigenvalue weighted by Crippen LogP contribution is -2.47. The fourth-order valence-electron chi connectivity index (χ4n) is 3.58. The average Bonchev–Trinajstić information content (AvgIpc) is 2.87. The van der Waals surface area contributed by atoms with Gasteiger partial charge in [0.05, 0.1) is 24.0 Å². The van der Waals surface area contributed by atoms with Crippen molar-refractivity contribution in [3.05, 3.63) is 82.9 Å². The summed E-state index contributed by atoms with van der Waals surface area (Å²) in [5.41, 5.74) is 2.18. The van der Waals surface area contributed by atoms with E-state index in [9.17, 15) is 14.4 Å². The molecule has 1 aliphatic heterocycles. The molecule has 2 amide bonds. The van der Waals surface area contributed by atoms with Gasteiger partial charge in [-0.1, -0.05) is 35.9 Å². The molecule has 3 aromatic carbocycles. The van der Waals surface area contributed by atoms with Crippen LogP contribution in [0.4, 0.5) is 11.4 Å². The van der Waals surface area contributed by atoms with Crippen LogP contribution in [0.5, 0.6) is 11.5 Å². The summed E-state index contributed by atoms with van der Waals surface area (Å²) < 4.78 is 16.6. The van der Waals surface area contributed by atoms with Gasteiger partial charge in [0.1, 0.15) is 13.2 Å². The number of nitrogens with zero attached hydrogens (tertiary/aromatic N) is 1. The smallest absolute Gasteiger partial charge is 0.339 e. The van der Waals surface area contributed by atoms with Crippen molar-refractivity contribution in [1.29, 1.82) is 0 Å². The van der Waals surface area contributed by atoms with E-state index in [1.807, 2.05) is 12.1 Å². The van der Waals surface area contributed by atoms with Crippen LogP contribution in [0.3, 0.4) is 0 Å². The molecule has 0 spiro atoms. The molecule has 180 valence electrons. The van der Waals surface area contributed by atoms with Crippen molar-refractivity contribution in [3.8, 4) is 11.5 Å². The van der Waals surface area contributed by atoms with Gasteiger partial charge >= 0.3 is 5.97 Å². The molecular weight excluding hydrogens is 472 g/mol. The summed E-state index contributed by atoms with van der Waals surface area (Å²) in [6, 6.07) is 18.8. The quantitative estimate of drug-likeness (QED) is 0.487. The van der Waals surface area contributed by atoms with Crippen LogP contribution >= 0.6 is 11.6 Å². The lowest BCUT2D eigenvalue weighted by molar-refractivity contribution is -0.128. The highest BCUT2D eigenvalue weighted by molar-refractivity contribution is 6.30. The van der Waals surface area contributed by atoms with Crippen LogP contribution in [0.1, 0.15) is 22.8 Å². The Balaban J connectivity index is 1.43. The summed E-state index contributed by atoms with van der Waals surface area (Å²) >= 11 is 5.91. The Labute approximate surface area is 207 Å². The maximum Gasteiger partial charge on any atom is 0.339 e. The monoisotopic (exact) mass is 494 g/mol. The normalized spacial score (nSPS) is 13.3. The number of fused-ring (bicyclic) bond motifs is 1. The standard InChI is InChI=1S/C26H23ClN2O6/c1-16(25(31)29-14-24(30)28-20-5-3-4-6-21(20)29)35-26(32)18-9-12-22(23(13-18)33-2)34-15-17-7-10-19(27)11-8-17/h3-13,16H,14-15H2,1-2H3,(H,28,30). The minimum atomic E-state index is -1.12. The summed E-state index contributed by atoms with van der Waals surface area (Å²) in [4.78, 5) is 39.1. The Morgan fingerprint density at radius 1 is 1.06 bits per heavy atom. The highest BCUT2D eigenvalue weighted by Gasteiger charge is 2.31. The summed E-state index contributed by atoms with van der Waals surface area (Å²) in [6.45, 7) is 1.59. The molecule has 0 fully saturated rings. The van der Waals surface area contributed by atoms with E-state index < -0.39 is 18.0 Å². The Kier molecular flexibility index (Phi) is 7.22. The van der Waals surface area contributed by atoms with Crippen LogP contribution in [0.15, 0.2) is 66.7 Å². The minimum Gasteiger partial charge on any atom is -0.493 e. The first-order valence-electron chi connectivity index (χ1n) is 10.8. The van der Waals surface area contributed by atoms with Crippen LogP contribution in [-0.2, 0) is 20.9 Å². The molecule has 1 N–H and O–H groups in total. The second-order valence-corrected chi connectivity index (χ2v) is 8.25. The first-order valence-corrected chi connectivity index (χ1v) is 11.2. The van der Waals surface area contributed by atoms with Crippen LogP contribution in [0.25, 0.3) is 0 Å². The van der Waals surface area contributed by atoms with Crippen LogP contribution in [-0.4, -0.2) is 37.5 Å². The molecule has 8 nitrogen and oxygen atoms in total. The molecule has 1 heterocycles. The minimum absolute atomic E-state index is 0.161. The summed E-state index contributed by atoms with van der Waals surface area (Å²) in [5.74, 6) is -0.749. The number of nitrogens with one attached hydrogen (secondary N) is 1. The van der Waals surface area contributed by atoms with Gasteiger partial charge in [0.2, 0.25) is 5.91 Å². The average molecular weight is 495 g/mol. The third-order valence-electron chi connectivity index (χ3n) is 5.38. The number of esters is 1. The first-order chi connectivity index (χ1) is 16.9. The van der Waals surface area contributed by atoms with Crippen molar-refractivity contribution >= 4 is 40.8 Å². The van der Waals surface area contributed by atoms with E-state index in [1.54, 1.807) is 42.5 Å². The highest BCUT2D eigenvalue weighted by atomic mass is 35.5. The third-order valence-corrected chi connectivity index (χ3v) is 5.63. The second kappa shape index (κ2) is 10.5. The molecule has 1 aliphatic rings. The Hall–Kier alpha value is -4.04. The molecule has 0 aromatic heterocycles. The lowest BCUT2D eigenvalue weighted by atomic mass is 10.1. The van der Waals surface area contributed by atoms with Crippen LogP contribution in [0, 0.1) is 0 Å². The lowest BCUT2D eigenvalue weighted by Gasteiger charge is -2.30. The van der Waals surface area contributed by atoms with Gasteiger partial charge in [0.25, 0.3) is 5.91 Å². The number of halogens is 1. The predicted molar refractivity (Wildman–Crippen MR) is 131 cm³/mol. The number of carbonyl (C=O) groups excluding carboxylic acids is 3. The number of hydrogen-bond donors (Lipinski definition) is 1. The molecule has 0 aliphatic carbocycles. The number of para-hydroxylation sites is 2. The number of anilines is 2. The van der Waals surface area contributed by atoms with Crippen molar-refractivity contribution in [2.24, 2.45) is 0 Å². The fourth-order valence-corrected chi connectivity index (χ4v) is 3.71. The molecule has 35 heavy (non-hydrogen) atoms. The molecule has 0 bridgehead atoms. The maximum absolute atomic E-state index is 13.0. The van der Waals surface area contributed by atoms with Crippen molar-refractivity contribution in [1.82, 2.24) is 0 Å². The first kappa shape index (κ1) is 24.1. The molecule has 0 radical (unpaired) electrons. The molecule has 3 aromatic rings. The SMILES string of the molecule is COc1cc(C(=O)OC(C)C(=O)N2CC(=O)Nc3ccccc32)ccc1OCc1ccc(Cl)cc1. The van der Waals surface area contributed by atoms with E-state index in [0.717, 1.165) is 5.56 Å². The second-order valence-electron chi connectivity index (χ2n) is 7.82. The number of rotatable bonds is 7. The number of carbonyl (C=O) groups is 3. The zero-order valence-corrected chi connectivity index (χ0v) is 19.9. The van der Waals surface area contributed by atoms with Crippen molar-refractivity contribution < 1.29 is 28.6 Å². The third kappa shape index (κ3) is 5.55. The van der Waals surface area contributed by atoms with Gasteiger partial charge in [-0.3, -0.25) is 14.5 Å². The van der Waals surface area contributed by atoms with Gasteiger partial charge in [0, 0.05) is 5.02 Å². The number of methoxy groups -OCH3 is 1. The topological polar surface area (TPSA) is 94.2 Å². The predicted octanol–water partition coefficient (Wildman–Crippen LogP) is 4.46. The molecular formula is C26H23ClN2O6. The van der Waals surface area contributed by atoms with Gasteiger partial charge in [-0.25, -0.2) is 4.79 Å². The van der Waals surface area contributed by atoms with Gasteiger partial charge in [-0.15, -0.1) is 0 Å². The van der Waals surface area contributed by atoms with Gasteiger partial charge in [-0.2, -0.15) is 0 Å². The number of ether oxygens (including phenoxy) is 3. The van der Waals surface area contributed by atoms with Crippen molar-refractivity contribution in [3.63, 3.8) is 0 Å². The van der Waals surface area contributed by atoms with Crippen LogP contribution in [0.2, 0.25) is 5.02 Å². The van der Waals surface area contributed by atoms with E-state index in [4.69, 9.17) is 25.8 Å². The highest BCUT2D eigenvalue weighted by Crippen LogP contribution is 2.31. The van der Waals surface area contributed by atoms with Gasteiger partial charge in [0.15, 0.2) is 17.6 Å². The Morgan fingerprint density at radius 2 is 1.80 bits per heavy atom. The molecule has 1 atom stereocenters. The van der Waals surface area contributed by atoms with Gasteiger partial charge in [-0.05, 0) is 55.0 Å². The van der Waals surface area contributed by atoms with Crippen molar-refractivity contribution in [2.45, 2.75) is 19.6 Å². The van der Waals surface area contributed by atoms with E-state index >= 15 is 0 Å². The van der Waals surface area contributed by atoms with E-state index in [2.05, 4.69) is 5.32 Å². The number of benzene rings is 3. The molecule has 0 saturated carbocycles. The summed E-state index contributed by atoms with van der Waals surface area (Å²) in [7, 11) is 1.46. The molecule has 9 heteroatoms. The summed E-state index contributed by atoms with van der Waals surface area (Å²) in [6.07, 6.45) is -1.12. The molecule has 4 rings (SSSR count). The zero-order valence-electron chi connectivity index (χ0n) is 19.1. The fraction of sp³-hybridized carbons (Fsp3) is 0.192. The number of hydrogen-bond acceptors (Lipinski definition) is 6. The molecule has 1 unspecified atom stereocenters.